The second-order valence-electron chi connectivity index (χ2n) is 7.22. The number of nitrogens with one attached hydrogen (secondary N) is 1. The van der Waals surface area contributed by atoms with Gasteiger partial charge in [0, 0.05) is 24.3 Å². The number of piperidine rings is 1. The zero-order chi connectivity index (χ0) is 17.1. The predicted octanol–water partition coefficient (Wildman–Crippen LogP) is 4.53. The van der Waals surface area contributed by atoms with E-state index in [0.29, 0.717) is 12.1 Å². The molecule has 0 bridgehead atoms. The fraction of sp³-hybridized carbons (Fsp3) is 0.409. The first-order chi connectivity index (χ1) is 12.3. The van der Waals surface area contributed by atoms with Crippen LogP contribution in [-0.2, 0) is 6.42 Å². The van der Waals surface area contributed by atoms with Crippen LogP contribution in [0.2, 0.25) is 0 Å². The molecule has 1 aliphatic heterocycles. The van der Waals surface area contributed by atoms with Crippen molar-refractivity contribution in [2.45, 2.75) is 50.2 Å². The number of hydrogen-bond donors (Lipinski definition) is 1. The van der Waals surface area contributed by atoms with Crippen LogP contribution in [0.5, 0.6) is 0 Å². The van der Waals surface area contributed by atoms with Crippen LogP contribution in [0.15, 0.2) is 54.6 Å². The summed E-state index contributed by atoms with van der Waals surface area (Å²) in [4.78, 5) is 2.46. The van der Waals surface area contributed by atoms with Crippen molar-refractivity contribution in [3.8, 4) is 6.07 Å². The summed E-state index contributed by atoms with van der Waals surface area (Å²) in [5, 5.41) is 13.4. The third-order valence-electron chi connectivity index (χ3n) is 5.68. The summed E-state index contributed by atoms with van der Waals surface area (Å²) in [7, 11) is 0. The highest BCUT2D eigenvalue weighted by molar-refractivity contribution is 5.43. The van der Waals surface area contributed by atoms with Gasteiger partial charge in [0.25, 0.3) is 0 Å². The lowest BCUT2D eigenvalue weighted by atomic mass is 9.84. The van der Waals surface area contributed by atoms with Gasteiger partial charge in [-0.15, -0.1) is 0 Å². The number of nitrogens with zero attached hydrogens (tertiary/aromatic N) is 2. The van der Waals surface area contributed by atoms with Gasteiger partial charge < -0.3 is 5.32 Å². The standard InChI is InChI=1S/C22H25N3/c23-16-20-15-19(24-18-9-2-1-3-10-18)13-14-25(20)22-12-6-8-17-7-4-5-11-21(17)22/h1-5,7,9-11,19-20,22,24H,6,8,12-15H2/t19?,20-,22?/m1/s1. The van der Waals surface area contributed by atoms with E-state index in [9.17, 15) is 5.26 Å². The number of para-hydroxylation sites is 1. The normalized spacial score (nSPS) is 26.4. The van der Waals surface area contributed by atoms with Gasteiger partial charge in [0.15, 0.2) is 0 Å². The average Bonchev–Trinajstić information content (AvgIpc) is 2.68. The molecule has 3 nitrogen and oxygen atoms in total. The molecule has 3 heteroatoms. The first kappa shape index (κ1) is 16.2. The van der Waals surface area contributed by atoms with Gasteiger partial charge in [-0.3, -0.25) is 4.90 Å². The molecule has 1 heterocycles. The number of anilines is 1. The zero-order valence-electron chi connectivity index (χ0n) is 14.6. The van der Waals surface area contributed by atoms with E-state index in [1.165, 1.54) is 30.4 Å². The molecule has 2 aromatic carbocycles. The van der Waals surface area contributed by atoms with Crippen LogP contribution in [0.3, 0.4) is 0 Å². The molecule has 1 saturated heterocycles. The van der Waals surface area contributed by atoms with Crippen molar-refractivity contribution >= 4 is 5.69 Å². The summed E-state index contributed by atoms with van der Waals surface area (Å²) in [5.74, 6) is 0. The Morgan fingerprint density at radius 3 is 2.64 bits per heavy atom. The molecular weight excluding hydrogens is 306 g/mol. The quantitative estimate of drug-likeness (QED) is 0.898. The fourth-order valence-electron chi connectivity index (χ4n) is 4.46. The van der Waals surface area contributed by atoms with Gasteiger partial charge in [-0.05, 0) is 55.4 Å². The van der Waals surface area contributed by atoms with E-state index in [1.807, 2.05) is 6.07 Å². The third-order valence-corrected chi connectivity index (χ3v) is 5.68. The fourth-order valence-corrected chi connectivity index (χ4v) is 4.46. The van der Waals surface area contributed by atoms with Crippen LogP contribution in [0.25, 0.3) is 0 Å². The molecule has 2 aliphatic rings. The minimum atomic E-state index is -0.00822. The number of rotatable bonds is 3. The lowest BCUT2D eigenvalue weighted by Crippen LogP contribution is -2.48. The van der Waals surface area contributed by atoms with Gasteiger partial charge in [0.2, 0.25) is 0 Å². The van der Waals surface area contributed by atoms with Gasteiger partial charge in [-0.1, -0.05) is 42.5 Å². The molecule has 0 radical (unpaired) electrons. The smallest absolute Gasteiger partial charge is 0.100 e. The maximum Gasteiger partial charge on any atom is 0.100 e. The summed E-state index contributed by atoms with van der Waals surface area (Å²) in [6, 6.07) is 22.5. The van der Waals surface area contributed by atoms with Gasteiger partial charge in [-0.2, -0.15) is 5.26 Å². The zero-order valence-corrected chi connectivity index (χ0v) is 14.6. The molecule has 0 aromatic heterocycles. The minimum absolute atomic E-state index is 0.00822. The Kier molecular flexibility index (Phi) is 4.72. The van der Waals surface area contributed by atoms with Crippen molar-refractivity contribution in [2.75, 3.05) is 11.9 Å². The highest BCUT2D eigenvalue weighted by Crippen LogP contribution is 2.37. The molecule has 25 heavy (non-hydrogen) atoms. The highest BCUT2D eigenvalue weighted by Gasteiger charge is 2.35. The summed E-state index contributed by atoms with van der Waals surface area (Å²) >= 11 is 0. The Balaban J connectivity index is 1.49. The average molecular weight is 331 g/mol. The van der Waals surface area contributed by atoms with Gasteiger partial charge in [0.1, 0.15) is 6.04 Å². The molecule has 1 fully saturated rings. The van der Waals surface area contributed by atoms with Crippen LogP contribution in [-0.4, -0.2) is 23.5 Å². The molecular formula is C22H25N3. The highest BCUT2D eigenvalue weighted by atomic mass is 15.2. The Labute approximate surface area is 150 Å². The summed E-state index contributed by atoms with van der Waals surface area (Å²) in [6.07, 6.45) is 5.56. The van der Waals surface area contributed by atoms with Gasteiger partial charge in [0.05, 0.1) is 6.07 Å². The van der Waals surface area contributed by atoms with Crippen molar-refractivity contribution < 1.29 is 0 Å². The Bertz CT molecular complexity index is 749. The SMILES string of the molecule is N#C[C@H]1CC(Nc2ccccc2)CCN1C1CCCc2ccccc21. The monoisotopic (exact) mass is 331 g/mol. The third kappa shape index (κ3) is 3.41. The number of likely N-dealkylation sites (tertiary alicyclic amines) is 1. The molecule has 2 aromatic rings. The molecule has 0 spiro atoms. The Morgan fingerprint density at radius 1 is 1.00 bits per heavy atom. The van der Waals surface area contributed by atoms with Crippen LogP contribution in [0.4, 0.5) is 5.69 Å². The second-order valence-corrected chi connectivity index (χ2v) is 7.22. The lowest BCUT2D eigenvalue weighted by molar-refractivity contribution is 0.107. The lowest BCUT2D eigenvalue weighted by Gasteiger charge is -2.43. The van der Waals surface area contributed by atoms with E-state index in [0.717, 1.165) is 25.1 Å². The number of fused-ring (bicyclic) bond motifs is 1. The van der Waals surface area contributed by atoms with Gasteiger partial charge in [-0.25, -0.2) is 0 Å². The summed E-state index contributed by atoms with van der Waals surface area (Å²) in [6.45, 7) is 0.988. The van der Waals surface area contributed by atoms with Crippen molar-refractivity contribution in [2.24, 2.45) is 0 Å². The van der Waals surface area contributed by atoms with E-state index >= 15 is 0 Å². The second kappa shape index (κ2) is 7.29. The molecule has 0 amide bonds. The maximum absolute atomic E-state index is 9.80. The minimum Gasteiger partial charge on any atom is -0.382 e. The van der Waals surface area contributed by atoms with Crippen molar-refractivity contribution in [1.82, 2.24) is 4.90 Å². The number of aryl methyl sites for hydroxylation is 1. The predicted molar refractivity (Wildman–Crippen MR) is 101 cm³/mol. The molecule has 0 saturated carbocycles. The van der Waals surface area contributed by atoms with Crippen molar-refractivity contribution in [3.05, 3.63) is 65.7 Å². The number of benzene rings is 2. The number of nitriles is 1. The van der Waals surface area contributed by atoms with Crippen LogP contribution in [0, 0.1) is 11.3 Å². The van der Waals surface area contributed by atoms with E-state index < -0.39 is 0 Å². The van der Waals surface area contributed by atoms with E-state index in [-0.39, 0.29) is 6.04 Å². The molecule has 1 N–H and O–H groups in total. The van der Waals surface area contributed by atoms with Crippen LogP contribution < -0.4 is 5.32 Å². The van der Waals surface area contributed by atoms with E-state index in [2.05, 4.69) is 64.8 Å². The molecule has 4 rings (SSSR count). The first-order valence-electron chi connectivity index (χ1n) is 9.40. The van der Waals surface area contributed by atoms with Crippen LogP contribution >= 0.6 is 0 Å². The van der Waals surface area contributed by atoms with Crippen molar-refractivity contribution in [3.63, 3.8) is 0 Å². The Morgan fingerprint density at radius 2 is 1.80 bits per heavy atom. The topological polar surface area (TPSA) is 39.1 Å². The largest absolute Gasteiger partial charge is 0.382 e. The summed E-state index contributed by atoms with van der Waals surface area (Å²) in [5.41, 5.74) is 4.07. The van der Waals surface area contributed by atoms with Crippen molar-refractivity contribution in [1.29, 1.82) is 5.26 Å². The number of hydrogen-bond acceptors (Lipinski definition) is 3. The summed E-state index contributed by atoms with van der Waals surface area (Å²) < 4.78 is 0. The van der Waals surface area contributed by atoms with Crippen LogP contribution in [0.1, 0.15) is 42.9 Å². The molecule has 1 aliphatic carbocycles. The Hall–Kier alpha value is -2.31. The molecule has 128 valence electrons. The first-order valence-corrected chi connectivity index (χ1v) is 9.40. The van der Waals surface area contributed by atoms with E-state index in [1.54, 1.807) is 0 Å². The van der Waals surface area contributed by atoms with Gasteiger partial charge >= 0.3 is 0 Å². The molecule has 2 unspecified atom stereocenters. The molecule has 3 atom stereocenters. The van der Waals surface area contributed by atoms with E-state index in [4.69, 9.17) is 0 Å². The maximum atomic E-state index is 9.80.